The molecule has 0 bridgehead atoms. The minimum Gasteiger partial charge on any atom is -0.489 e. The third-order valence-electron chi connectivity index (χ3n) is 3.00. The van der Waals surface area contributed by atoms with Gasteiger partial charge in [-0.25, -0.2) is 4.79 Å². The predicted molar refractivity (Wildman–Crippen MR) is 83.9 cm³/mol. The van der Waals surface area contributed by atoms with Gasteiger partial charge in [0, 0.05) is 0 Å². The zero-order valence-electron chi connectivity index (χ0n) is 12.8. The summed E-state index contributed by atoms with van der Waals surface area (Å²) in [6.07, 6.45) is -0.629. The van der Waals surface area contributed by atoms with E-state index in [-0.39, 0.29) is 5.97 Å². The third kappa shape index (κ3) is 4.81. The van der Waals surface area contributed by atoms with Gasteiger partial charge >= 0.3 is 5.97 Å². The van der Waals surface area contributed by atoms with Crippen LogP contribution in [0, 0.1) is 0 Å². The maximum Gasteiger partial charge on any atom is 0.347 e. The van der Waals surface area contributed by atoms with Crippen molar-refractivity contribution < 1.29 is 19.0 Å². The second-order valence-electron chi connectivity index (χ2n) is 4.76. The van der Waals surface area contributed by atoms with Gasteiger partial charge in [-0.3, -0.25) is 0 Å². The van der Waals surface area contributed by atoms with Crippen molar-refractivity contribution in [3.63, 3.8) is 0 Å². The molecule has 1 atom stereocenters. The molecule has 0 heterocycles. The number of benzene rings is 2. The Balaban J connectivity index is 1.86. The Morgan fingerprint density at radius 1 is 1.00 bits per heavy atom. The molecule has 0 radical (unpaired) electrons. The number of esters is 1. The average Bonchev–Trinajstić information content (AvgIpc) is 2.55. The van der Waals surface area contributed by atoms with Crippen LogP contribution in [-0.4, -0.2) is 18.7 Å². The highest BCUT2D eigenvalue weighted by atomic mass is 16.6. The summed E-state index contributed by atoms with van der Waals surface area (Å²) in [4.78, 5) is 11.5. The summed E-state index contributed by atoms with van der Waals surface area (Å²) < 4.78 is 16.1. The molecule has 0 saturated carbocycles. The van der Waals surface area contributed by atoms with Crippen LogP contribution in [0.25, 0.3) is 0 Å². The maximum atomic E-state index is 11.5. The summed E-state index contributed by atoms with van der Waals surface area (Å²) in [6, 6.07) is 17.1. The summed E-state index contributed by atoms with van der Waals surface area (Å²) in [5, 5.41) is 0. The van der Waals surface area contributed by atoms with Crippen molar-refractivity contribution >= 4 is 5.97 Å². The summed E-state index contributed by atoms with van der Waals surface area (Å²) >= 11 is 0. The van der Waals surface area contributed by atoms with Gasteiger partial charge in [0.25, 0.3) is 0 Å². The van der Waals surface area contributed by atoms with Gasteiger partial charge in [0.05, 0.1) is 6.61 Å². The lowest BCUT2D eigenvalue weighted by Gasteiger charge is -2.13. The van der Waals surface area contributed by atoms with Crippen molar-refractivity contribution in [3.05, 3.63) is 60.2 Å². The van der Waals surface area contributed by atoms with E-state index in [1.807, 2.05) is 42.5 Å². The molecule has 0 spiro atoms. The Morgan fingerprint density at radius 3 is 2.27 bits per heavy atom. The molecular formula is C18H20O4. The van der Waals surface area contributed by atoms with E-state index in [1.54, 1.807) is 26.0 Å². The molecule has 0 amide bonds. The summed E-state index contributed by atoms with van der Waals surface area (Å²) in [7, 11) is 0. The Labute approximate surface area is 130 Å². The minimum atomic E-state index is -0.629. The number of carbonyl (C=O) groups is 1. The van der Waals surface area contributed by atoms with Crippen LogP contribution >= 0.6 is 0 Å². The molecule has 0 N–H and O–H groups in total. The lowest BCUT2D eigenvalue weighted by atomic mass is 10.2. The van der Waals surface area contributed by atoms with Gasteiger partial charge in [-0.05, 0) is 43.7 Å². The molecule has 22 heavy (non-hydrogen) atoms. The molecule has 0 aliphatic carbocycles. The first kappa shape index (κ1) is 15.9. The van der Waals surface area contributed by atoms with Gasteiger partial charge in [0.15, 0.2) is 6.10 Å². The van der Waals surface area contributed by atoms with E-state index in [0.717, 1.165) is 11.3 Å². The van der Waals surface area contributed by atoms with E-state index in [1.165, 1.54) is 0 Å². The molecule has 2 rings (SSSR count). The van der Waals surface area contributed by atoms with Gasteiger partial charge in [-0.1, -0.05) is 30.3 Å². The quantitative estimate of drug-likeness (QED) is 0.733. The van der Waals surface area contributed by atoms with Crippen LogP contribution in [-0.2, 0) is 16.1 Å². The van der Waals surface area contributed by atoms with Crippen LogP contribution in [0.1, 0.15) is 19.4 Å². The van der Waals surface area contributed by atoms with Crippen LogP contribution < -0.4 is 9.47 Å². The monoisotopic (exact) mass is 300 g/mol. The zero-order chi connectivity index (χ0) is 15.8. The molecule has 0 unspecified atom stereocenters. The number of ether oxygens (including phenoxy) is 3. The van der Waals surface area contributed by atoms with Gasteiger partial charge in [-0.15, -0.1) is 0 Å². The Morgan fingerprint density at radius 2 is 1.64 bits per heavy atom. The van der Waals surface area contributed by atoms with Crippen LogP contribution in [0.15, 0.2) is 54.6 Å². The minimum absolute atomic E-state index is 0.346. The van der Waals surface area contributed by atoms with E-state index >= 15 is 0 Å². The van der Waals surface area contributed by atoms with Gasteiger partial charge in [-0.2, -0.15) is 0 Å². The van der Waals surface area contributed by atoms with Crippen molar-refractivity contribution in [1.82, 2.24) is 0 Å². The molecule has 4 heteroatoms. The van der Waals surface area contributed by atoms with Crippen LogP contribution in [0.3, 0.4) is 0 Å². The maximum absolute atomic E-state index is 11.5. The van der Waals surface area contributed by atoms with Gasteiger partial charge in [0.2, 0.25) is 0 Å². The molecule has 0 aliphatic heterocycles. The first-order valence-electron chi connectivity index (χ1n) is 7.29. The topological polar surface area (TPSA) is 44.8 Å². The van der Waals surface area contributed by atoms with E-state index in [2.05, 4.69) is 0 Å². The molecule has 0 aliphatic rings. The number of carbonyl (C=O) groups excluding carboxylic acids is 1. The van der Waals surface area contributed by atoms with Crippen LogP contribution in [0.2, 0.25) is 0 Å². The number of hydrogen-bond acceptors (Lipinski definition) is 4. The van der Waals surface area contributed by atoms with E-state index in [0.29, 0.717) is 19.0 Å². The van der Waals surface area contributed by atoms with Crippen molar-refractivity contribution in [2.24, 2.45) is 0 Å². The molecule has 0 aromatic heterocycles. The first-order valence-corrected chi connectivity index (χ1v) is 7.29. The van der Waals surface area contributed by atoms with E-state index < -0.39 is 6.10 Å². The molecule has 2 aromatic carbocycles. The Hall–Kier alpha value is -2.49. The highest BCUT2D eigenvalue weighted by molar-refractivity contribution is 5.74. The van der Waals surface area contributed by atoms with Crippen molar-refractivity contribution in [2.45, 2.75) is 26.6 Å². The Bertz CT molecular complexity index is 578. The smallest absolute Gasteiger partial charge is 0.347 e. The summed E-state index contributed by atoms with van der Waals surface area (Å²) in [5.41, 5.74) is 1.11. The predicted octanol–water partition coefficient (Wildman–Crippen LogP) is 3.60. The fourth-order valence-electron chi connectivity index (χ4n) is 1.87. The van der Waals surface area contributed by atoms with Crippen molar-refractivity contribution in [2.75, 3.05) is 6.61 Å². The fraction of sp³-hybridized carbons (Fsp3) is 0.278. The standard InChI is InChI=1S/C18H20O4/c1-3-20-18(19)14(2)22-17-11-9-16(10-12-17)21-13-15-7-5-4-6-8-15/h4-12,14H,3,13H2,1-2H3/t14-/m0/s1. The molecule has 2 aromatic rings. The van der Waals surface area contributed by atoms with E-state index in [9.17, 15) is 4.79 Å². The lowest BCUT2D eigenvalue weighted by molar-refractivity contribution is -0.150. The van der Waals surface area contributed by atoms with Crippen molar-refractivity contribution in [3.8, 4) is 11.5 Å². The molecule has 116 valence electrons. The highest BCUT2D eigenvalue weighted by Gasteiger charge is 2.15. The fourth-order valence-corrected chi connectivity index (χ4v) is 1.87. The highest BCUT2D eigenvalue weighted by Crippen LogP contribution is 2.19. The second-order valence-corrected chi connectivity index (χ2v) is 4.76. The molecule has 0 saturated heterocycles. The van der Waals surface area contributed by atoms with E-state index in [4.69, 9.17) is 14.2 Å². The summed E-state index contributed by atoms with van der Waals surface area (Å²) in [6.45, 7) is 4.29. The Kier molecular flexibility index (Phi) is 5.83. The first-order chi connectivity index (χ1) is 10.7. The second kappa shape index (κ2) is 8.08. The van der Waals surface area contributed by atoms with Crippen molar-refractivity contribution in [1.29, 1.82) is 0 Å². The molecule has 0 fully saturated rings. The van der Waals surface area contributed by atoms with Crippen LogP contribution in [0.5, 0.6) is 11.5 Å². The average molecular weight is 300 g/mol. The molecular weight excluding hydrogens is 280 g/mol. The normalized spacial score (nSPS) is 11.5. The summed E-state index contributed by atoms with van der Waals surface area (Å²) in [5.74, 6) is 0.986. The number of rotatable bonds is 7. The largest absolute Gasteiger partial charge is 0.489 e. The van der Waals surface area contributed by atoms with Gasteiger partial charge in [0.1, 0.15) is 18.1 Å². The van der Waals surface area contributed by atoms with Gasteiger partial charge < -0.3 is 14.2 Å². The van der Waals surface area contributed by atoms with Crippen LogP contribution in [0.4, 0.5) is 0 Å². The molecule has 4 nitrogen and oxygen atoms in total. The third-order valence-corrected chi connectivity index (χ3v) is 3.00. The number of hydrogen-bond donors (Lipinski definition) is 0. The zero-order valence-corrected chi connectivity index (χ0v) is 12.8. The SMILES string of the molecule is CCOC(=O)[C@H](C)Oc1ccc(OCc2ccccc2)cc1. The lowest BCUT2D eigenvalue weighted by Crippen LogP contribution is -2.25.